The quantitative estimate of drug-likeness (QED) is 0.406. The van der Waals surface area contributed by atoms with Gasteiger partial charge in [-0.3, -0.25) is 14.3 Å². The van der Waals surface area contributed by atoms with E-state index in [0.29, 0.717) is 25.1 Å². The first-order chi connectivity index (χ1) is 20.1. The van der Waals surface area contributed by atoms with E-state index in [0.717, 1.165) is 17.7 Å². The number of amides is 2. The number of hydrogen-bond donors (Lipinski definition) is 2. The van der Waals surface area contributed by atoms with Gasteiger partial charge in [0, 0.05) is 19.3 Å². The highest BCUT2D eigenvalue weighted by atomic mass is 32.2. The van der Waals surface area contributed by atoms with Crippen molar-refractivity contribution in [3.05, 3.63) is 83.7 Å². The van der Waals surface area contributed by atoms with Crippen molar-refractivity contribution in [2.75, 3.05) is 25.5 Å². The van der Waals surface area contributed by atoms with Gasteiger partial charge in [-0.1, -0.05) is 24.3 Å². The van der Waals surface area contributed by atoms with E-state index < -0.39 is 26.8 Å². The van der Waals surface area contributed by atoms with Crippen molar-refractivity contribution in [1.82, 2.24) is 10.2 Å². The van der Waals surface area contributed by atoms with Gasteiger partial charge in [-0.15, -0.1) is 0 Å². The van der Waals surface area contributed by atoms with Crippen LogP contribution in [0.2, 0.25) is 0 Å². The molecule has 0 bridgehead atoms. The Labute approximate surface area is 243 Å². The van der Waals surface area contributed by atoms with E-state index in [4.69, 9.17) is 14.2 Å². The lowest BCUT2D eigenvalue weighted by molar-refractivity contribution is -0.134. The molecule has 12 heteroatoms. The summed E-state index contributed by atoms with van der Waals surface area (Å²) in [5, 5.41) is 2.92. The van der Waals surface area contributed by atoms with Gasteiger partial charge in [0.1, 0.15) is 34.9 Å². The highest BCUT2D eigenvalue weighted by Gasteiger charge is 2.39. The molecule has 10 nitrogen and oxygen atoms in total. The van der Waals surface area contributed by atoms with Gasteiger partial charge in [0.25, 0.3) is 15.9 Å². The van der Waals surface area contributed by atoms with Crippen LogP contribution in [0.1, 0.15) is 35.2 Å². The van der Waals surface area contributed by atoms with Crippen LogP contribution in [0.3, 0.4) is 0 Å². The first-order valence-electron chi connectivity index (χ1n) is 13.5. The summed E-state index contributed by atoms with van der Waals surface area (Å²) in [6, 6.07) is 16.5. The molecular weight excluding hydrogens is 565 g/mol. The summed E-state index contributed by atoms with van der Waals surface area (Å²) in [5.41, 5.74) is 1.19. The fourth-order valence-corrected chi connectivity index (χ4v) is 6.36. The largest absolute Gasteiger partial charge is 0.497 e. The van der Waals surface area contributed by atoms with E-state index in [9.17, 15) is 22.4 Å². The molecule has 3 aromatic carbocycles. The number of likely N-dealkylation sites (N-methyl/N-ethyl adjacent to an activating group) is 1. The fourth-order valence-electron chi connectivity index (χ4n) is 5.23. The van der Waals surface area contributed by atoms with E-state index in [1.165, 1.54) is 30.3 Å². The first kappa shape index (κ1) is 29.3. The monoisotopic (exact) mass is 597 g/mol. The van der Waals surface area contributed by atoms with Crippen LogP contribution in [0.4, 0.5) is 10.1 Å². The Bertz CT molecular complexity index is 1580. The van der Waals surface area contributed by atoms with Crippen molar-refractivity contribution in [2.24, 2.45) is 0 Å². The molecule has 5 rings (SSSR count). The molecule has 42 heavy (non-hydrogen) atoms. The van der Waals surface area contributed by atoms with Gasteiger partial charge in [-0.05, 0) is 60.9 Å². The van der Waals surface area contributed by atoms with Gasteiger partial charge in [-0.25, -0.2) is 12.8 Å². The first-order valence-corrected chi connectivity index (χ1v) is 15.0. The van der Waals surface area contributed by atoms with Crippen LogP contribution in [0, 0.1) is 5.82 Å². The van der Waals surface area contributed by atoms with E-state index >= 15 is 0 Å². The number of fused-ring (bicyclic) bond motifs is 2. The standard InChI is InChI=1S/C30H32FN3O7S/c1-34-25-12-11-22(16-29(35)32-17-19-6-5-7-21(14-19)39-2)41-27(25)18-40-26-13-10-20(15-23(26)30(34)36)33-42(37,38)28-9-4-3-8-24(28)31/h3-10,13-15,22,25,27,33H,11-12,16-18H2,1-2H3,(H,32,35)/t22-,25-,27+/m1/s1. The Hall–Kier alpha value is -4.16. The molecule has 0 unspecified atom stereocenters. The van der Waals surface area contributed by atoms with Crippen LogP contribution in [-0.2, 0) is 26.1 Å². The summed E-state index contributed by atoms with van der Waals surface area (Å²) in [5.74, 6) is -0.418. The molecule has 2 N–H and O–H groups in total. The summed E-state index contributed by atoms with van der Waals surface area (Å²) in [4.78, 5) is 27.2. The van der Waals surface area contributed by atoms with Crippen LogP contribution < -0.4 is 19.5 Å². The van der Waals surface area contributed by atoms with Crippen molar-refractivity contribution in [3.63, 3.8) is 0 Å². The highest BCUT2D eigenvalue weighted by Crippen LogP contribution is 2.33. The number of benzene rings is 3. The minimum atomic E-state index is -4.23. The van der Waals surface area contributed by atoms with E-state index in [1.807, 2.05) is 24.3 Å². The number of anilines is 1. The van der Waals surface area contributed by atoms with Crippen LogP contribution in [-0.4, -0.2) is 64.1 Å². The zero-order valence-corrected chi connectivity index (χ0v) is 24.0. The third kappa shape index (κ3) is 6.50. The van der Waals surface area contributed by atoms with E-state index in [1.54, 1.807) is 19.1 Å². The molecule has 0 radical (unpaired) electrons. The summed E-state index contributed by atoms with van der Waals surface area (Å²) in [6.45, 7) is 0.502. The van der Waals surface area contributed by atoms with Gasteiger partial charge in [-0.2, -0.15) is 0 Å². The molecule has 0 spiro atoms. The van der Waals surface area contributed by atoms with Gasteiger partial charge in [0.05, 0.1) is 31.2 Å². The molecule has 3 aromatic rings. The van der Waals surface area contributed by atoms with Crippen molar-refractivity contribution in [1.29, 1.82) is 0 Å². The number of nitrogens with one attached hydrogen (secondary N) is 2. The molecule has 2 aliphatic rings. The zero-order chi connectivity index (χ0) is 29.9. The summed E-state index contributed by atoms with van der Waals surface area (Å²) in [6.07, 6.45) is 0.543. The second-order valence-corrected chi connectivity index (χ2v) is 11.9. The SMILES string of the molecule is COc1cccc(CNC(=O)C[C@H]2CC[C@@H]3[C@H](COc4ccc(NS(=O)(=O)c5ccccc5F)cc4C(=O)N3C)O2)c1. The maximum Gasteiger partial charge on any atom is 0.264 e. The normalized spacial score (nSPS) is 20.3. The minimum Gasteiger partial charge on any atom is -0.497 e. The number of halogens is 1. The molecule has 2 amide bonds. The molecular formula is C30H32FN3O7S. The zero-order valence-electron chi connectivity index (χ0n) is 23.2. The van der Waals surface area contributed by atoms with Crippen molar-refractivity contribution >= 4 is 27.5 Å². The molecule has 2 heterocycles. The number of carbonyl (C=O) groups is 2. The minimum absolute atomic E-state index is 0.0967. The second kappa shape index (κ2) is 12.4. The van der Waals surface area contributed by atoms with Gasteiger partial charge < -0.3 is 24.4 Å². The van der Waals surface area contributed by atoms with E-state index in [-0.39, 0.29) is 54.0 Å². The van der Waals surface area contributed by atoms with Gasteiger partial charge >= 0.3 is 0 Å². The Balaban J connectivity index is 1.23. The number of hydrogen-bond acceptors (Lipinski definition) is 7. The van der Waals surface area contributed by atoms with Crippen molar-refractivity contribution in [2.45, 2.75) is 49.0 Å². The maximum atomic E-state index is 14.1. The topological polar surface area (TPSA) is 123 Å². The molecule has 222 valence electrons. The number of methoxy groups -OCH3 is 1. The van der Waals surface area contributed by atoms with Crippen molar-refractivity contribution in [3.8, 4) is 11.5 Å². The lowest BCUT2D eigenvalue weighted by atomic mass is 9.94. The summed E-state index contributed by atoms with van der Waals surface area (Å²) < 4.78 is 59.4. The number of nitrogens with zero attached hydrogens (tertiary/aromatic N) is 1. The third-order valence-corrected chi connectivity index (χ3v) is 8.84. The Kier molecular flexibility index (Phi) is 8.64. The Morgan fingerprint density at radius 3 is 2.69 bits per heavy atom. The molecule has 1 fully saturated rings. The fraction of sp³-hybridized carbons (Fsp3) is 0.333. The second-order valence-electron chi connectivity index (χ2n) is 10.2. The van der Waals surface area contributed by atoms with Crippen LogP contribution >= 0.6 is 0 Å². The lowest BCUT2D eigenvalue weighted by Gasteiger charge is -2.42. The lowest BCUT2D eigenvalue weighted by Crippen LogP contribution is -2.53. The number of carbonyl (C=O) groups excluding carboxylic acids is 2. The number of rotatable bonds is 8. The van der Waals surface area contributed by atoms with Gasteiger partial charge in [0.15, 0.2) is 0 Å². The Morgan fingerprint density at radius 1 is 1.10 bits per heavy atom. The molecule has 3 atom stereocenters. The summed E-state index contributed by atoms with van der Waals surface area (Å²) >= 11 is 0. The molecule has 0 saturated carbocycles. The molecule has 2 aliphatic heterocycles. The predicted molar refractivity (Wildman–Crippen MR) is 152 cm³/mol. The van der Waals surface area contributed by atoms with Crippen molar-refractivity contribution < 1.29 is 36.6 Å². The van der Waals surface area contributed by atoms with Crippen LogP contribution in [0.15, 0.2) is 71.6 Å². The van der Waals surface area contributed by atoms with Crippen LogP contribution in [0.5, 0.6) is 11.5 Å². The average molecular weight is 598 g/mol. The van der Waals surface area contributed by atoms with Crippen LogP contribution in [0.25, 0.3) is 0 Å². The average Bonchev–Trinajstić information content (AvgIpc) is 2.98. The Morgan fingerprint density at radius 2 is 1.90 bits per heavy atom. The highest BCUT2D eigenvalue weighted by molar-refractivity contribution is 7.92. The molecule has 1 saturated heterocycles. The number of ether oxygens (including phenoxy) is 3. The predicted octanol–water partition coefficient (Wildman–Crippen LogP) is 3.72. The third-order valence-electron chi connectivity index (χ3n) is 7.43. The smallest absolute Gasteiger partial charge is 0.264 e. The number of sulfonamides is 1. The maximum absolute atomic E-state index is 14.1. The molecule has 0 aliphatic carbocycles. The van der Waals surface area contributed by atoms with Gasteiger partial charge in [0.2, 0.25) is 5.91 Å². The van der Waals surface area contributed by atoms with E-state index in [2.05, 4.69) is 10.0 Å². The molecule has 0 aromatic heterocycles. The summed E-state index contributed by atoms with van der Waals surface area (Å²) in [7, 11) is -0.974.